The number of unbranched alkanes of at least 4 members (excludes halogenated alkanes) is 3. The maximum Gasteiger partial charge on any atom is 0.328 e. The first-order chi connectivity index (χ1) is 20.7. The van der Waals surface area contributed by atoms with Crippen LogP contribution in [0.1, 0.15) is 72.6 Å². The van der Waals surface area contributed by atoms with E-state index in [2.05, 4.69) is 11.9 Å². The molecule has 44 heavy (non-hydrogen) atoms. The van der Waals surface area contributed by atoms with Crippen LogP contribution in [0.15, 0.2) is 36.5 Å². The lowest BCUT2D eigenvalue weighted by molar-refractivity contribution is -0.332. The van der Waals surface area contributed by atoms with Crippen LogP contribution < -0.4 is 5.32 Å². The minimum atomic E-state index is -2.14. The monoisotopic (exact) mass is 625 g/mol. The van der Waals surface area contributed by atoms with Gasteiger partial charge in [-0.2, -0.15) is 0 Å². The standard InChI is InChI=1S/C32H51NO11/c1-19-17-32(39,44-21(3)20(19)2)27(37)29(38)33-30-26-25(41-18-42-30)28(40-6)31(4,5)23(43-26)16-22(34)14-12-10-8-7-9-11-13-15-24(35)36/h9,11,13,15,20-23,25-28,30,34,37,39H,1,7-8,10,12,14,16-18H2,2-6H3,(H,33,38)(H,35,36)/b11-9+,15-13+/t20-,21-,22-,23-,25+,26+,27-,28-,30+,32-/m1/s1. The van der Waals surface area contributed by atoms with Crippen molar-refractivity contribution in [1.82, 2.24) is 5.32 Å². The van der Waals surface area contributed by atoms with Crippen LogP contribution in [0.3, 0.4) is 0 Å². The van der Waals surface area contributed by atoms with E-state index in [9.17, 15) is 24.9 Å². The van der Waals surface area contributed by atoms with Crippen molar-refractivity contribution >= 4 is 11.9 Å². The van der Waals surface area contributed by atoms with E-state index in [1.54, 1.807) is 20.1 Å². The van der Waals surface area contributed by atoms with E-state index in [1.165, 1.54) is 6.08 Å². The number of aliphatic hydroxyl groups is 3. The van der Waals surface area contributed by atoms with Crippen molar-refractivity contribution < 1.29 is 53.7 Å². The van der Waals surface area contributed by atoms with Gasteiger partial charge in [-0.05, 0) is 26.2 Å². The number of carbonyl (C=O) groups excluding carboxylic acids is 1. The van der Waals surface area contributed by atoms with Crippen molar-refractivity contribution in [3.63, 3.8) is 0 Å². The van der Waals surface area contributed by atoms with Crippen molar-refractivity contribution in [3.8, 4) is 0 Å². The molecule has 0 aromatic carbocycles. The molecule has 3 heterocycles. The first-order valence-corrected chi connectivity index (χ1v) is 15.4. The van der Waals surface area contributed by atoms with E-state index in [0.717, 1.165) is 31.8 Å². The Bertz CT molecular complexity index is 1050. The zero-order valence-electron chi connectivity index (χ0n) is 26.5. The average molecular weight is 626 g/mol. The fourth-order valence-corrected chi connectivity index (χ4v) is 6.22. The summed E-state index contributed by atoms with van der Waals surface area (Å²) < 4.78 is 29.6. The lowest BCUT2D eigenvalue weighted by Crippen LogP contribution is -2.69. The smallest absolute Gasteiger partial charge is 0.328 e. The second-order valence-corrected chi connectivity index (χ2v) is 12.8. The number of ether oxygens (including phenoxy) is 5. The lowest BCUT2D eigenvalue weighted by Gasteiger charge is -2.54. The van der Waals surface area contributed by atoms with Gasteiger partial charge in [0.1, 0.15) is 19.0 Å². The van der Waals surface area contributed by atoms with Crippen LogP contribution >= 0.6 is 0 Å². The van der Waals surface area contributed by atoms with E-state index in [4.69, 9.17) is 28.8 Å². The molecule has 0 aromatic rings. The molecule has 250 valence electrons. The van der Waals surface area contributed by atoms with Gasteiger partial charge in [-0.25, -0.2) is 4.79 Å². The maximum absolute atomic E-state index is 13.2. The summed E-state index contributed by atoms with van der Waals surface area (Å²) in [5.74, 6) is -4.05. The van der Waals surface area contributed by atoms with E-state index < -0.39 is 72.0 Å². The summed E-state index contributed by atoms with van der Waals surface area (Å²) in [5.41, 5.74) is 0.111. The van der Waals surface area contributed by atoms with E-state index in [1.807, 2.05) is 26.8 Å². The van der Waals surface area contributed by atoms with Gasteiger partial charge in [0, 0.05) is 37.4 Å². The number of rotatable bonds is 14. The minimum absolute atomic E-state index is 0.0426. The molecule has 1 amide bonds. The number of allylic oxidation sites excluding steroid dienone is 3. The molecule has 3 fully saturated rings. The highest BCUT2D eigenvalue weighted by Crippen LogP contribution is 2.44. The van der Waals surface area contributed by atoms with Crippen molar-refractivity contribution in [2.75, 3.05) is 13.9 Å². The Morgan fingerprint density at radius 2 is 1.86 bits per heavy atom. The lowest BCUT2D eigenvalue weighted by atomic mass is 9.72. The van der Waals surface area contributed by atoms with Crippen LogP contribution in [-0.4, -0.2) is 101 Å². The number of fused-ring (bicyclic) bond motifs is 1. The largest absolute Gasteiger partial charge is 0.478 e. The molecule has 3 aliphatic heterocycles. The Morgan fingerprint density at radius 1 is 1.14 bits per heavy atom. The summed E-state index contributed by atoms with van der Waals surface area (Å²) in [7, 11) is 1.58. The number of nitrogens with one attached hydrogen (secondary N) is 1. The molecule has 12 nitrogen and oxygen atoms in total. The summed E-state index contributed by atoms with van der Waals surface area (Å²) in [4.78, 5) is 23.7. The van der Waals surface area contributed by atoms with Crippen LogP contribution in [0.2, 0.25) is 0 Å². The Balaban J connectivity index is 1.59. The molecule has 0 spiro atoms. The van der Waals surface area contributed by atoms with Crippen LogP contribution in [0.4, 0.5) is 0 Å². The molecule has 0 aromatic heterocycles. The number of carboxylic acid groups (broad SMARTS) is 1. The molecule has 0 radical (unpaired) electrons. The van der Waals surface area contributed by atoms with Crippen LogP contribution in [0.25, 0.3) is 0 Å². The number of amides is 1. The fourth-order valence-electron chi connectivity index (χ4n) is 6.22. The predicted octanol–water partition coefficient (Wildman–Crippen LogP) is 2.56. The number of aliphatic carboxylic acids is 1. The van der Waals surface area contributed by atoms with Crippen LogP contribution in [0, 0.1) is 11.3 Å². The van der Waals surface area contributed by atoms with Crippen molar-refractivity contribution in [3.05, 3.63) is 36.5 Å². The quantitative estimate of drug-likeness (QED) is 0.0831. The number of aliphatic hydroxyl groups excluding tert-OH is 2. The highest BCUT2D eigenvalue weighted by atomic mass is 16.7. The van der Waals surface area contributed by atoms with Gasteiger partial charge >= 0.3 is 5.97 Å². The Labute approximate surface area is 260 Å². The first kappa shape index (κ1) is 36.3. The highest BCUT2D eigenvalue weighted by molar-refractivity contribution is 5.82. The Kier molecular flexibility index (Phi) is 13.1. The minimum Gasteiger partial charge on any atom is -0.478 e. The summed E-state index contributed by atoms with van der Waals surface area (Å²) in [6, 6.07) is 0. The molecule has 10 atom stereocenters. The zero-order chi connectivity index (χ0) is 32.7. The number of carboxylic acids is 1. The van der Waals surface area contributed by atoms with Gasteiger partial charge < -0.3 is 49.4 Å². The van der Waals surface area contributed by atoms with E-state index in [0.29, 0.717) is 18.4 Å². The predicted molar refractivity (Wildman–Crippen MR) is 160 cm³/mol. The summed E-state index contributed by atoms with van der Waals surface area (Å²) in [5, 5.41) is 44.1. The third kappa shape index (κ3) is 8.97. The third-order valence-electron chi connectivity index (χ3n) is 9.13. The summed E-state index contributed by atoms with van der Waals surface area (Å²) in [6.45, 7) is 11.4. The summed E-state index contributed by atoms with van der Waals surface area (Å²) >= 11 is 0. The molecule has 5 N–H and O–H groups in total. The van der Waals surface area contributed by atoms with Gasteiger partial charge in [-0.1, -0.05) is 64.0 Å². The molecule has 12 heteroatoms. The van der Waals surface area contributed by atoms with E-state index >= 15 is 0 Å². The molecule has 0 saturated carbocycles. The molecular formula is C32H51NO11. The van der Waals surface area contributed by atoms with Gasteiger partial charge in [0.2, 0.25) is 5.79 Å². The third-order valence-corrected chi connectivity index (χ3v) is 9.13. The summed E-state index contributed by atoms with van der Waals surface area (Å²) in [6.07, 6.45) is 4.09. The number of hydrogen-bond acceptors (Lipinski definition) is 10. The molecular weight excluding hydrogens is 574 g/mol. The SMILES string of the molecule is C=C1C[C@](O)([C@H](O)C(=O)N[C@H]2OCO[C@H]3[C@@H]2O[C@H](C[C@H](O)CCCCC/C=C/C=C/C(=O)O)C(C)(C)[C@@H]3OC)O[C@H](C)[C@@H]1C. The van der Waals surface area contributed by atoms with Gasteiger partial charge in [-0.3, -0.25) is 4.79 Å². The number of carbonyl (C=O) groups is 2. The van der Waals surface area contributed by atoms with Crippen LogP contribution in [0.5, 0.6) is 0 Å². The molecule has 3 rings (SSSR count). The van der Waals surface area contributed by atoms with Crippen LogP contribution in [-0.2, 0) is 33.3 Å². The topological polar surface area (TPSA) is 173 Å². The number of methoxy groups -OCH3 is 1. The zero-order valence-corrected chi connectivity index (χ0v) is 26.5. The second-order valence-electron chi connectivity index (χ2n) is 12.8. The van der Waals surface area contributed by atoms with Crippen molar-refractivity contribution in [2.45, 2.75) is 127 Å². The van der Waals surface area contributed by atoms with Crippen molar-refractivity contribution in [2.24, 2.45) is 11.3 Å². The van der Waals surface area contributed by atoms with E-state index in [-0.39, 0.29) is 19.1 Å². The molecule has 0 aliphatic carbocycles. The maximum atomic E-state index is 13.2. The second kappa shape index (κ2) is 15.9. The first-order valence-electron chi connectivity index (χ1n) is 15.4. The average Bonchev–Trinajstić information content (AvgIpc) is 2.95. The number of hydrogen-bond donors (Lipinski definition) is 5. The Morgan fingerprint density at radius 3 is 2.52 bits per heavy atom. The molecule has 3 aliphatic rings. The normalized spacial score (nSPS) is 35.4. The van der Waals surface area contributed by atoms with Gasteiger partial charge in [0.25, 0.3) is 5.91 Å². The molecule has 0 unspecified atom stereocenters. The van der Waals surface area contributed by atoms with Crippen molar-refractivity contribution in [1.29, 1.82) is 0 Å². The van der Waals surface area contributed by atoms with Gasteiger partial charge in [-0.15, -0.1) is 0 Å². The molecule has 0 bridgehead atoms. The fraction of sp³-hybridized carbons (Fsp3) is 0.750. The Hall–Kier alpha value is -2.16. The highest BCUT2D eigenvalue weighted by Gasteiger charge is 2.57. The molecule has 3 saturated heterocycles. The van der Waals surface area contributed by atoms with Gasteiger partial charge in [0.05, 0.1) is 24.4 Å². The van der Waals surface area contributed by atoms with Gasteiger partial charge in [0.15, 0.2) is 12.3 Å².